The maximum Gasteiger partial charge on any atom is 0.314 e. The van der Waals surface area contributed by atoms with Crippen molar-refractivity contribution in [1.82, 2.24) is 0 Å². The molecule has 100 valence electrons. The molecule has 0 aliphatic heterocycles. The summed E-state index contributed by atoms with van der Waals surface area (Å²) in [6.07, 6.45) is 0.781. The Hall–Kier alpha value is -2.03. The van der Waals surface area contributed by atoms with Crippen LogP contribution in [0.2, 0.25) is 0 Å². The molecule has 1 atom stereocenters. The highest BCUT2D eigenvalue weighted by Gasteiger charge is 2.13. The minimum atomic E-state index is -0.185. The Labute approximate surface area is 113 Å². The summed E-state index contributed by atoms with van der Waals surface area (Å²) in [5.41, 5.74) is 0. The number of benzene rings is 2. The first-order chi connectivity index (χ1) is 9.13. The van der Waals surface area contributed by atoms with Gasteiger partial charge in [0, 0.05) is 0 Å². The first kappa shape index (κ1) is 13.4. The predicted octanol–water partition coefficient (Wildman–Crippen LogP) is 3.80. The van der Waals surface area contributed by atoms with Crippen LogP contribution < -0.4 is 9.47 Å². The normalized spacial score (nSPS) is 12.2. The molecule has 1 unspecified atom stereocenters. The molecule has 0 saturated heterocycles. The molecule has 0 saturated carbocycles. The molecule has 0 bridgehead atoms. The first-order valence-electron chi connectivity index (χ1n) is 6.43. The van der Waals surface area contributed by atoms with Gasteiger partial charge in [0.1, 0.15) is 11.5 Å². The largest absolute Gasteiger partial charge is 0.497 e. The van der Waals surface area contributed by atoms with Gasteiger partial charge in [-0.3, -0.25) is 4.79 Å². The molecule has 2 aromatic carbocycles. The number of fused-ring (bicyclic) bond motifs is 1. The van der Waals surface area contributed by atoms with Crippen LogP contribution in [0.1, 0.15) is 20.3 Å². The predicted molar refractivity (Wildman–Crippen MR) is 75.6 cm³/mol. The van der Waals surface area contributed by atoms with Crippen LogP contribution in [0.15, 0.2) is 36.4 Å². The minimum Gasteiger partial charge on any atom is -0.497 e. The zero-order valence-electron chi connectivity index (χ0n) is 11.5. The lowest BCUT2D eigenvalue weighted by Gasteiger charge is -2.10. The molecule has 0 fully saturated rings. The van der Waals surface area contributed by atoms with E-state index in [0.717, 1.165) is 22.9 Å². The smallest absolute Gasteiger partial charge is 0.314 e. The third-order valence-corrected chi connectivity index (χ3v) is 3.25. The molecule has 0 radical (unpaired) electrons. The van der Waals surface area contributed by atoms with Crippen LogP contribution in [0.4, 0.5) is 0 Å². The average Bonchev–Trinajstić information content (AvgIpc) is 2.45. The van der Waals surface area contributed by atoms with Crippen LogP contribution in [-0.4, -0.2) is 13.1 Å². The molecule has 3 nitrogen and oxygen atoms in total. The van der Waals surface area contributed by atoms with Crippen LogP contribution in [0.5, 0.6) is 11.5 Å². The van der Waals surface area contributed by atoms with Gasteiger partial charge in [-0.2, -0.15) is 0 Å². The number of carbonyl (C=O) groups excluding carboxylic acids is 1. The highest BCUT2D eigenvalue weighted by Crippen LogP contribution is 2.25. The summed E-state index contributed by atoms with van der Waals surface area (Å²) < 4.78 is 10.5. The van der Waals surface area contributed by atoms with Gasteiger partial charge in [-0.05, 0) is 41.5 Å². The SMILES string of the molecule is CCC(C)C(=O)Oc1ccc2cc(OC)ccc2c1. The Morgan fingerprint density at radius 3 is 2.26 bits per heavy atom. The molecule has 0 aromatic heterocycles. The molecule has 0 spiro atoms. The molecule has 0 heterocycles. The average molecular weight is 258 g/mol. The van der Waals surface area contributed by atoms with Crippen molar-refractivity contribution in [2.75, 3.05) is 7.11 Å². The number of ether oxygens (including phenoxy) is 2. The number of methoxy groups -OCH3 is 1. The van der Waals surface area contributed by atoms with Crippen LogP contribution >= 0.6 is 0 Å². The van der Waals surface area contributed by atoms with Gasteiger partial charge in [0.2, 0.25) is 0 Å². The molecule has 2 rings (SSSR count). The number of esters is 1. The van der Waals surface area contributed by atoms with Gasteiger partial charge >= 0.3 is 5.97 Å². The maximum absolute atomic E-state index is 11.7. The molecule has 0 N–H and O–H groups in total. The molecular formula is C16H18O3. The summed E-state index contributed by atoms with van der Waals surface area (Å²) in [6.45, 7) is 3.84. The number of hydrogen-bond donors (Lipinski definition) is 0. The van der Waals surface area contributed by atoms with E-state index in [1.807, 2.05) is 50.2 Å². The van der Waals surface area contributed by atoms with Gasteiger partial charge in [0.25, 0.3) is 0 Å². The van der Waals surface area contributed by atoms with E-state index >= 15 is 0 Å². The van der Waals surface area contributed by atoms with E-state index in [2.05, 4.69) is 0 Å². The van der Waals surface area contributed by atoms with E-state index < -0.39 is 0 Å². The van der Waals surface area contributed by atoms with Crippen molar-refractivity contribution in [3.8, 4) is 11.5 Å². The molecule has 19 heavy (non-hydrogen) atoms. The van der Waals surface area contributed by atoms with Crippen molar-refractivity contribution in [3.05, 3.63) is 36.4 Å². The van der Waals surface area contributed by atoms with Crippen LogP contribution in [0, 0.1) is 5.92 Å². The van der Waals surface area contributed by atoms with Crippen molar-refractivity contribution in [2.24, 2.45) is 5.92 Å². The summed E-state index contributed by atoms with van der Waals surface area (Å²) >= 11 is 0. The van der Waals surface area contributed by atoms with Crippen LogP contribution in [-0.2, 0) is 4.79 Å². The third-order valence-electron chi connectivity index (χ3n) is 3.25. The van der Waals surface area contributed by atoms with E-state index in [9.17, 15) is 4.79 Å². The van der Waals surface area contributed by atoms with E-state index in [1.54, 1.807) is 7.11 Å². The van der Waals surface area contributed by atoms with Crippen molar-refractivity contribution >= 4 is 16.7 Å². The molecule has 2 aromatic rings. The number of rotatable bonds is 4. The highest BCUT2D eigenvalue weighted by atomic mass is 16.5. The monoisotopic (exact) mass is 258 g/mol. The Bertz CT molecular complexity index is 590. The van der Waals surface area contributed by atoms with E-state index in [0.29, 0.717) is 5.75 Å². The minimum absolute atomic E-state index is 0.0773. The van der Waals surface area contributed by atoms with Crippen molar-refractivity contribution < 1.29 is 14.3 Å². The van der Waals surface area contributed by atoms with Crippen molar-refractivity contribution in [2.45, 2.75) is 20.3 Å². The Morgan fingerprint density at radius 2 is 1.68 bits per heavy atom. The van der Waals surface area contributed by atoms with Gasteiger partial charge in [-0.1, -0.05) is 26.0 Å². The summed E-state index contributed by atoms with van der Waals surface area (Å²) in [5, 5.41) is 2.08. The first-order valence-corrected chi connectivity index (χ1v) is 6.43. The van der Waals surface area contributed by atoms with E-state index in [4.69, 9.17) is 9.47 Å². The van der Waals surface area contributed by atoms with E-state index in [1.165, 1.54) is 0 Å². The Morgan fingerprint density at radius 1 is 1.11 bits per heavy atom. The lowest BCUT2D eigenvalue weighted by molar-refractivity contribution is -0.138. The molecule has 0 amide bonds. The zero-order chi connectivity index (χ0) is 13.8. The quantitative estimate of drug-likeness (QED) is 0.618. The molecule has 0 aliphatic rings. The fourth-order valence-electron chi connectivity index (χ4n) is 1.78. The molecule has 0 aliphatic carbocycles. The second kappa shape index (κ2) is 5.74. The van der Waals surface area contributed by atoms with E-state index in [-0.39, 0.29) is 11.9 Å². The Kier molecular flexibility index (Phi) is 4.05. The second-order valence-corrected chi connectivity index (χ2v) is 4.61. The number of hydrogen-bond acceptors (Lipinski definition) is 3. The molecular weight excluding hydrogens is 240 g/mol. The second-order valence-electron chi connectivity index (χ2n) is 4.61. The van der Waals surface area contributed by atoms with Crippen LogP contribution in [0.3, 0.4) is 0 Å². The zero-order valence-corrected chi connectivity index (χ0v) is 11.5. The third kappa shape index (κ3) is 3.05. The van der Waals surface area contributed by atoms with Gasteiger partial charge in [0.05, 0.1) is 13.0 Å². The highest BCUT2D eigenvalue weighted by molar-refractivity contribution is 5.86. The summed E-state index contributed by atoms with van der Waals surface area (Å²) in [5.74, 6) is 1.14. The molecule has 3 heteroatoms. The summed E-state index contributed by atoms with van der Waals surface area (Å²) in [4.78, 5) is 11.7. The van der Waals surface area contributed by atoms with Crippen molar-refractivity contribution in [1.29, 1.82) is 0 Å². The lowest BCUT2D eigenvalue weighted by Crippen LogP contribution is -2.16. The van der Waals surface area contributed by atoms with Gasteiger partial charge in [-0.15, -0.1) is 0 Å². The summed E-state index contributed by atoms with van der Waals surface area (Å²) in [7, 11) is 1.64. The van der Waals surface area contributed by atoms with Crippen LogP contribution in [0.25, 0.3) is 10.8 Å². The number of carbonyl (C=O) groups is 1. The topological polar surface area (TPSA) is 35.5 Å². The Balaban J connectivity index is 2.24. The maximum atomic E-state index is 11.7. The summed E-state index contributed by atoms with van der Waals surface area (Å²) in [6, 6.07) is 11.4. The standard InChI is InChI=1S/C16H18O3/c1-4-11(2)16(17)19-15-8-6-12-9-14(18-3)7-5-13(12)10-15/h5-11H,4H2,1-3H3. The van der Waals surface area contributed by atoms with Crippen molar-refractivity contribution in [3.63, 3.8) is 0 Å². The van der Waals surface area contributed by atoms with Gasteiger partial charge in [-0.25, -0.2) is 0 Å². The fraction of sp³-hybridized carbons (Fsp3) is 0.312. The van der Waals surface area contributed by atoms with Gasteiger partial charge in [0.15, 0.2) is 0 Å². The van der Waals surface area contributed by atoms with Gasteiger partial charge < -0.3 is 9.47 Å². The fourth-order valence-corrected chi connectivity index (χ4v) is 1.78. The lowest BCUT2D eigenvalue weighted by atomic mass is 10.1.